The summed E-state index contributed by atoms with van der Waals surface area (Å²) in [6, 6.07) is 2.07. The van der Waals surface area contributed by atoms with Crippen LogP contribution in [-0.2, 0) is 6.54 Å². The molecule has 0 fully saturated rings. The van der Waals surface area contributed by atoms with E-state index in [2.05, 4.69) is 29.2 Å². The lowest BCUT2D eigenvalue weighted by molar-refractivity contribution is 0.875. The van der Waals surface area contributed by atoms with Crippen molar-refractivity contribution in [2.45, 2.75) is 20.4 Å². The summed E-state index contributed by atoms with van der Waals surface area (Å²) in [6.45, 7) is 6.89. The van der Waals surface area contributed by atoms with Crippen molar-refractivity contribution in [3.63, 3.8) is 0 Å². The van der Waals surface area contributed by atoms with Gasteiger partial charge < -0.3 is 10.6 Å². The van der Waals surface area contributed by atoms with Gasteiger partial charge in [-0.2, -0.15) is 4.37 Å². The third-order valence-electron chi connectivity index (χ3n) is 1.83. The maximum Gasteiger partial charge on any atom is 0.112 e. The number of nitrogens with zero attached hydrogens (tertiary/aromatic N) is 2. The summed E-state index contributed by atoms with van der Waals surface area (Å²) >= 11 is 1.53. The fraction of sp³-hybridized carbons (Fsp3) is 0.625. The molecule has 4 heteroatoms. The standard InChI is InChI=1S/C8H15N3S/c1-3-11(4-2)8-5-7(6-9)10-12-8/h5H,3-4,6,9H2,1-2H3. The van der Waals surface area contributed by atoms with E-state index in [9.17, 15) is 0 Å². The van der Waals surface area contributed by atoms with E-state index in [4.69, 9.17) is 5.73 Å². The predicted molar refractivity (Wildman–Crippen MR) is 53.6 cm³/mol. The molecule has 0 spiro atoms. The van der Waals surface area contributed by atoms with Crippen molar-refractivity contribution in [3.8, 4) is 0 Å². The molecule has 0 aliphatic rings. The summed E-state index contributed by atoms with van der Waals surface area (Å²) in [5.41, 5.74) is 6.46. The molecular weight excluding hydrogens is 170 g/mol. The number of aromatic nitrogens is 1. The minimum atomic E-state index is 0.539. The molecule has 1 rings (SSSR count). The highest BCUT2D eigenvalue weighted by atomic mass is 32.1. The highest BCUT2D eigenvalue weighted by molar-refractivity contribution is 7.10. The van der Waals surface area contributed by atoms with Crippen LogP contribution in [0.15, 0.2) is 6.07 Å². The highest BCUT2D eigenvalue weighted by Crippen LogP contribution is 2.20. The third-order valence-corrected chi connectivity index (χ3v) is 2.72. The Morgan fingerprint density at radius 1 is 1.50 bits per heavy atom. The molecule has 3 nitrogen and oxygen atoms in total. The van der Waals surface area contributed by atoms with Gasteiger partial charge in [-0.25, -0.2) is 0 Å². The van der Waals surface area contributed by atoms with Crippen LogP contribution >= 0.6 is 11.5 Å². The number of anilines is 1. The van der Waals surface area contributed by atoms with Gasteiger partial charge in [0, 0.05) is 19.6 Å². The Bertz CT molecular complexity index is 230. The summed E-state index contributed by atoms with van der Waals surface area (Å²) in [5, 5.41) is 1.22. The van der Waals surface area contributed by atoms with Crippen molar-refractivity contribution >= 4 is 16.5 Å². The van der Waals surface area contributed by atoms with Crippen LogP contribution in [-0.4, -0.2) is 17.5 Å². The largest absolute Gasteiger partial charge is 0.363 e. The first-order valence-corrected chi connectivity index (χ1v) is 4.99. The fourth-order valence-corrected chi connectivity index (χ4v) is 1.98. The van der Waals surface area contributed by atoms with E-state index in [0.29, 0.717) is 6.54 Å². The molecule has 0 saturated heterocycles. The highest BCUT2D eigenvalue weighted by Gasteiger charge is 2.05. The summed E-state index contributed by atoms with van der Waals surface area (Å²) in [6.07, 6.45) is 0. The SMILES string of the molecule is CCN(CC)c1cc(CN)ns1. The second kappa shape index (κ2) is 4.42. The summed E-state index contributed by atoms with van der Waals surface area (Å²) in [4.78, 5) is 2.27. The molecule has 0 unspecified atom stereocenters. The van der Waals surface area contributed by atoms with Crippen LogP contribution in [0.2, 0.25) is 0 Å². The Balaban J connectivity index is 2.72. The number of nitrogens with two attached hydrogens (primary N) is 1. The van der Waals surface area contributed by atoms with Crippen LogP contribution in [0.3, 0.4) is 0 Å². The summed E-state index contributed by atoms with van der Waals surface area (Å²) in [7, 11) is 0. The first-order chi connectivity index (χ1) is 5.81. The van der Waals surface area contributed by atoms with E-state index in [1.807, 2.05) is 0 Å². The Hall–Kier alpha value is -0.610. The molecule has 1 heterocycles. The van der Waals surface area contributed by atoms with Crippen LogP contribution in [0.5, 0.6) is 0 Å². The van der Waals surface area contributed by atoms with Crippen LogP contribution in [0.4, 0.5) is 5.00 Å². The Morgan fingerprint density at radius 2 is 2.17 bits per heavy atom. The molecule has 1 aromatic heterocycles. The van der Waals surface area contributed by atoms with Crippen LogP contribution in [0, 0.1) is 0 Å². The smallest absolute Gasteiger partial charge is 0.112 e. The molecule has 0 amide bonds. The van der Waals surface area contributed by atoms with E-state index in [-0.39, 0.29) is 0 Å². The van der Waals surface area contributed by atoms with Gasteiger partial charge in [0.15, 0.2) is 0 Å². The van der Waals surface area contributed by atoms with Crippen LogP contribution in [0.1, 0.15) is 19.5 Å². The van der Waals surface area contributed by atoms with Crippen molar-refractivity contribution in [1.82, 2.24) is 4.37 Å². The molecule has 0 aliphatic carbocycles. The van der Waals surface area contributed by atoms with Gasteiger partial charge in [-0.15, -0.1) is 0 Å². The van der Waals surface area contributed by atoms with Gasteiger partial charge >= 0.3 is 0 Å². The molecule has 1 aromatic rings. The molecule has 0 aliphatic heterocycles. The monoisotopic (exact) mass is 185 g/mol. The van der Waals surface area contributed by atoms with E-state index in [0.717, 1.165) is 18.8 Å². The van der Waals surface area contributed by atoms with Gasteiger partial charge in [0.2, 0.25) is 0 Å². The average molecular weight is 185 g/mol. The van der Waals surface area contributed by atoms with Crippen molar-refractivity contribution in [2.24, 2.45) is 5.73 Å². The van der Waals surface area contributed by atoms with Gasteiger partial charge in [-0.1, -0.05) is 0 Å². The molecular formula is C8H15N3S. The molecule has 0 radical (unpaired) electrons. The molecule has 12 heavy (non-hydrogen) atoms. The van der Waals surface area contributed by atoms with E-state index < -0.39 is 0 Å². The quantitative estimate of drug-likeness (QED) is 0.772. The maximum atomic E-state index is 5.47. The topological polar surface area (TPSA) is 42.1 Å². The zero-order valence-electron chi connectivity index (χ0n) is 7.58. The van der Waals surface area contributed by atoms with Gasteiger partial charge in [-0.05, 0) is 31.4 Å². The Labute approximate surface area is 77.4 Å². The fourth-order valence-electron chi connectivity index (χ4n) is 1.08. The lowest BCUT2D eigenvalue weighted by atomic mass is 10.4. The minimum absolute atomic E-state index is 0.539. The van der Waals surface area contributed by atoms with Crippen molar-refractivity contribution < 1.29 is 0 Å². The van der Waals surface area contributed by atoms with Gasteiger partial charge in [-0.3, -0.25) is 0 Å². The van der Waals surface area contributed by atoms with Crippen LogP contribution in [0.25, 0.3) is 0 Å². The first kappa shape index (κ1) is 9.48. The second-order valence-corrected chi connectivity index (χ2v) is 3.32. The molecule has 0 bridgehead atoms. The van der Waals surface area contributed by atoms with Crippen molar-refractivity contribution in [3.05, 3.63) is 11.8 Å². The van der Waals surface area contributed by atoms with E-state index in [1.54, 1.807) is 0 Å². The molecule has 2 N–H and O–H groups in total. The zero-order chi connectivity index (χ0) is 8.97. The van der Waals surface area contributed by atoms with E-state index >= 15 is 0 Å². The number of rotatable bonds is 4. The van der Waals surface area contributed by atoms with Crippen molar-refractivity contribution in [1.29, 1.82) is 0 Å². The lowest BCUT2D eigenvalue weighted by Crippen LogP contribution is -2.20. The molecule has 68 valence electrons. The van der Waals surface area contributed by atoms with Gasteiger partial charge in [0.25, 0.3) is 0 Å². The minimum Gasteiger partial charge on any atom is -0.363 e. The number of hydrogen-bond donors (Lipinski definition) is 1. The lowest BCUT2D eigenvalue weighted by Gasteiger charge is -2.17. The average Bonchev–Trinajstić information content (AvgIpc) is 2.55. The first-order valence-electron chi connectivity index (χ1n) is 4.22. The predicted octanol–water partition coefficient (Wildman–Crippen LogP) is 1.45. The zero-order valence-corrected chi connectivity index (χ0v) is 8.40. The van der Waals surface area contributed by atoms with E-state index in [1.165, 1.54) is 16.5 Å². The number of hydrogen-bond acceptors (Lipinski definition) is 4. The molecule has 0 aromatic carbocycles. The summed E-state index contributed by atoms with van der Waals surface area (Å²) in [5.74, 6) is 0. The molecule has 0 atom stereocenters. The Morgan fingerprint density at radius 3 is 2.58 bits per heavy atom. The van der Waals surface area contributed by atoms with Gasteiger partial charge in [0.1, 0.15) is 5.00 Å². The van der Waals surface area contributed by atoms with Crippen LogP contribution < -0.4 is 10.6 Å². The maximum absolute atomic E-state index is 5.47. The van der Waals surface area contributed by atoms with Gasteiger partial charge in [0.05, 0.1) is 5.69 Å². The molecule has 0 saturated carbocycles. The normalized spacial score (nSPS) is 10.2. The van der Waals surface area contributed by atoms with Crippen molar-refractivity contribution in [2.75, 3.05) is 18.0 Å². The Kier molecular flexibility index (Phi) is 3.49. The third kappa shape index (κ3) is 1.95. The summed E-state index contributed by atoms with van der Waals surface area (Å²) < 4.78 is 4.23. The second-order valence-electron chi connectivity index (χ2n) is 2.53.